The molecule has 1 N–H and O–H groups in total. The Morgan fingerprint density at radius 2 is 1.76 bits per heavy atom. The fourth-order valence-corrected chi connectivity index (χ4v) is 4.13. The molecule has 1 aliphatic rings. The molecule has 1 saturated heterocycles. The zero-order valence-corrected chi connectivity index (χ0v) is 19.1. The molecule has 0 atom stereocenters. The number of hydrogen-bond acceptors (Lipinski definition) is 7. The topological polar surface area (TPSA) is 81.0 Å². The highest BCUT2D eigenvalue weighted by Gasteiger charge is 2.12. The predicted molar refractivity (Wildman–Crippen MR) is 131 cm³/mol. The van der Waals surface area contributed by atoms with Crippen LogP contribution in [-0.4, -0.2) is 58.8 Å². The van der Waals surface area contributed by atoms with Gasteiger partial charge >= 0.3 is 5.97 Å². The normalized spacial score (nSPS) is 13.8. The van der Waals surface area contributed by atoms with E-state index < -0.39 is 0 Å². The van der Waals surface area contributed by atoms with Gasteiger partial charge in [0.2, 0.25) is 5.95 Å². The Morgan fingerprint density at radius 3 is 2.50 bits per heavy atom. The maximum atomic E-state index is 11.7. The summed E-state index contributed by atoms with van der Waals surface area (Å²) in [6.45, 7) is 4.03. The van der Waals surface area contributed by atoms with E-state index in [1.54, 1.807) is 16.6 Å². The summed E-state index contributed by atoms with van der Waals surface area (Å²) in [5.41, 5.74) is 3.90. The van der Waals surface area contributed by atoms with E-state index in [0.717, 1.165) is 34.9 Å². The summed E-state index contributed by atoms with van der Waals surface area (Å²) < 4.78 is 12.4. The highest BCUT2D eigenvalue weighted by molar-refractivity contribution is 5.89. The maximum absolute atomic E-state index is 11.7. The van der Waals surface area contributed by atoms with Gasteiger partial charge < -0.3 is 14.8 Å². The van der Waals surface area contributed by atoms with Crippen molar-refractivity contribution in [3.05, 3.63) is 72.3 Å². The SMILES string of the molecule is COC(=O)c1ccc(-c2cccc3nc(Nc4ccc(OCCN5CCCC5)cc4)nn23)cc1. The van der Waals surface area contributed by atoms with E-state index in [-0.39, 0.29) is 5.97 Å². The molecule has 2 aromatic heterocycles. The van der Waals surface area contributed by atoms with Crippen LogP contribution in [0.3, 0.4) is 0 Å². The van der Waals surface area contributed by atoms with Gasteiger partial charge in [-0.05, 0) is 74.5 Å². The van der Waals surface area contributed by atoms with Gasteiger partial charge in [0.1, 0.15) is 12.4 Å². The van der Waals surface area contributed by atoms with E-state index >= 15 is 0 Å². The summed E-state index contributed by atoms with van der Waals surface area (Å²) in [5, 5.41) is 7.90. The van der Waals surface area contributed by atoms with Gasteiger partial charge in [-0.1, -0.05) is 18.2 Å². The predicted octanol–water partition coefficient (Wildman–Crippen LogP) is 4.40. The summed E-state index contributed by atoms with van der Waals surface area (Å²) in [4.78, 5) is 18.7. The molecule has 0 saturated carbocycles. The van der Waals surface area contributed by atoms with E-state index in [0.29, 0.717) is 18.1 Å². The first kappa shape index (κ1) is 21.9. The van der Waals surface area contributed by atoms with Crippen molar-refractivity contribution in [1.29, 1.82) is 0 Å². The second kappa shape index (κ2) is 9.93. The number of benzene rings is 2. The minimum Gasteiger partial charge on any atom is -0.492 e. The van der Waals surface area contributed by atoms with Gasteiger partial charge in [0, 0.05) is 17.8 Å². The number of likely N-dealkylation sites (tertiary alicyclic amines) is 1. The number of anilines is 2. The molecule has 1 fully saturated rings. The number of nitrogens with one attached hydrogen (secondary N) is 1. The van der Waals surface area contributed by atoms with Crippen LogP contribution in [0.4, 0.5) is 11.6 Å². The Hall–Kier alpha value is -3.91. The smallest absolute Gasteiger partial charge is 0.337 e. The molecule has 2 aromatic carbocycles. The lowest BCUT2D eigenvalue weighted by molar-refractivity contribution is 0.0600. The van der Waals surface area contributed by atoms with Gasteiger partial charge in [0.05, 0.1) is 18.4 Å². The molecular formula is C26H27N5O3. The Labute approximate surface area is 198 Å². The Morgan fingerprint density at radius 1 is 1.00 bits per heavy atom. The van der Waals surface area contributed by atoms with Crippen LogP contribution in [0.15, 0.2) is 66.7 Å². The van der Waals surface area contributed by atoms with Crippen LogP contribution < -0.4 is 10.1 Å². The van der Waals surface area contributed by atoms with Crippen LogP contribution >= 0.6 is 0 Å². The van der Waals surface area contributed by atoms with Crippen LogP contribution in [0.1, 0.15) is 23.2 Å². The van der Waals surface area contributed by atoms with E-state index in [2.05, 4.69) is 20.3 Å². The first-order valence-electron chi connectivity index (χ1n) is 11.5. The van der Waals surface area contributed by atoms with E-state index in [4.69, 9.17) is 9.47 Å². The van der Waals surface area contributed by atoms with Crippen molar-refractivity contribution in [3.63, 3.8) is 0 Å². The van der Waals surface area contributed by atoms with Crippen molar-refractivity contribution < 1.29 is 14.3 Å². The lowest BCUT2D eigenvalue weighted by atomic mass is 10.1. The zero-order chi connectivity index (χ0) is 23.3. The first-order valence-corrected chi connectivity index (χ1v) is 11.5. The van der Waals surface area contributed by atoms with Crippen molar-refractivity contribution in [2.45, 2.75) is 12.8 Å². The molecule has 1 aliphatic heterocycles. The number of esters is 1. The van der Waals surface area contributed by atoms with Crippen LogP contribution in [-0.2, 0) is 4.74 Å². The summed E-state index contributed by atoms with van der Waals surface area (Å²) in [6.07, 6.45) is 2.58. The Kier molecular flexibility index (Phi) is 6.40. The second-order valence-electron chi connectivity index (χ2n) is 8.23. The molecule has 0 aliphatic carbocycles. The van der Waals surface area contributed by atoms with Crippen LogP contribution in [0, 0.1) is 0 Å². The fraction of sp³-hybridized carbons (Fsp3) is 0.269. The van der Waals surface area contributed by atoms with Crippen molar-refractivity contribution in [1.82, 2.24) is 19.5 Å². The largest absolute Gasteiger partial charge is 0.492 e. The monoisotopic (exact) mass is 457 g/mol. The molecule has 8 heteroatoms. The lowest BCUT2D eigenvalue weighted by Gasteiger charge is -2.15. The highest BCUT2D eigenvalue weighted by atomic mass is 16.5. The number of aromatic nitrogens is 3. The van der Waals surface area contributed by atoms with Crippen LogP contribution in [0.5, 0.6) is 5.75 Å². The summed E-state index contributed by atoms with van der Waals surface area (Å²) in [5.74, 6) is 0.992. The molecule has 174 valence electrons. The fourth-order valence-electron chi connectivity index (χ4n) is 4.13. The van der Waals surface area contributed by atoms with Crippen molar-refractivity contribution in [2.75, 3.05) is 38.7 Å². The average molecular weight is 458 g/mol. The van der Waals surface area contributed by atoms with Crippen LogP contribution in [0.2, 0.25) is 0 Å². The molecular weight excluding hydrogens is 430 g/mol. The Balaban J connectivity index is 1.27. The third-order valence-corrected chi connectivity index (χ3v) is 5.95. The Bertz CT molecular complexity index is 1260. The number of carbonyl (C=O) groups is 1. The number of nitrogens with zero attached hydrogens (tertiary/aromatic N) is 4. The third kappa shape index (κ3) is 4.87. The minimum absolute atomic E-state index is 0.361. The van der Waals surface area contributed by atoms with Gasteiger partial charge in [-0.15, -0.1) is 5.10 Å². The molecule has 0 bridgehead atoms. The molecule has 0 radical (unpaired) electrons. The quantitative estimate of drug-likeness (QED) is 0.393. The van der Waals surface area contributed by atoms with Crippen molar-refractivity contribution >= 4 is 23.3 Å². The summed E-state index contributed by atoms with van der Waals surface area (Å²) in [7, 11) is 1.37. The molecule has 0 spiro atoms. The first-order chi connectivity index (χ1) is 16.7. The van der Waals surface area contributed by atoms with Crippen LogP contribution in [0.25, 0.3) is 16.9 Å². The molecule has 4 aromatic rings. The molecule has 5 rings (SSSR count). The third-order valence-electron chi connectivity index (χ3n) is 5.95. The minimum atomic E-state index is -0.361. The van der Waals surface area contributed by atoms with Gasteiger partial charge in [0.15, 0.2) is 5.65 Å². The number of ether oxygens (including phenoxy) is 2. The number of methoxy groups -OCH3 is 1. The number of carbonyl (C=O) groups excluding carboxylic acids is 1. The van der Waals surface area contributed by atoms with Gasteiger partial charge in [0.25, 0.3) is 0 Å². The molecule has 8 nitrogen and oxygen atoms in total. The maximum Gasteiger partial charge on any atom is 0.337 e. The van der Waals surface area contributed by atoms with Crippen molar-refractivity contribution in [3.8, 4) is 17.0 Å². The molecule has 0 unspecified atom stereocenters. The van der Waals surface area contributed by atoms with Crippen molar-refractivity contribution in [2.24, 2.45) is 0 Å². The summed E-state index contributed by atoms with van der Waals surface area (Å²) >= 11 is 0. The highest BCUT2D eigenvalue weighted by Crippen LogP contribution is 2.23. The molecule has 3 heterocycles. The summed E-state index contributed by atoms with van der Waals surface area (Å²) in [6, 6.07) is 20.9. The number of hydrogen-bond donors (Lipinski definition) is 1. The van der Waals surface area contributed by atoms with Gasteiger partial charge in [-0.2, -0.15) is 4.98 Å². The van der Waals surface area contributed by atoms with Gasteiger partial charge in [-0.3, -0.25) is 4.90 Å². The standard InChI is InChI=1S/C26H27N5O3/c1-33-25(32)20-9-7-19(8-10-20)23-5-4-6-24-28-26(29-31(23)24)27-21-11-13-22(14-12-21)34-18-17-30-15-2-3-16-30/h4-14H,2-3,15-18H2,1H3,(H,27,29). The number of fused-ring (bicyclic) bond motifs is 1. The number of pyridine rings is 1. The van der Waals surface area contributed by atoms with Gasteiger partial charge in [-0.25, -0.2) is 9.31 Å². The zero-order valence-electron chi connectivity index (χ0n) is 19.1. The van der Waals surface area contributed by atoms with E-state index in [1.165, 1.54) is 33.0 Å². The second-order valence-corrected chi connectivity index (χ2v) is 8.23. The van der Waals surface area contributed by atoms with E-state index in [1.807, 2.05) is 54.6 Å². The van der Waals surface area contributed by atoms with E-state index in [9.17, 15) is 4.79 Å². The number of rotatable bonds is 8. The lowest BCUT2D eigenvalue weighted by Crippen LogP contribution is -2.25. The average Bonchev–Trinajstić information content (AvgIpc) is 3.54. The molecule has 34 heavy (non-hydrogen) atoms. The molecule has 0 amide bonds.